The van der Waals surface area contributed by atoms with Crippen molar-refractivity contribution >= 4 is 17.3 Å². The fourth-order valence-corrected chi connectivity index (χ4v) is 3.62. The zero-order chi connectivity index (χ0) is 19.1. The van der Waals surface area contributed by atoms with Crippen molar-refractivity contribution in [1.82, 2.24) is 5.01 Å². The summed E-state index contributed by atoms with van der Waals surface area (Å²) in [4.78, 5) is 14.6. The van der Waals surface area contributed by atoms with Crippen LogP contribution in [0.2, 0.25) is 0 Å². The molecule has 0 spiro atoms. The van der Waals surface area contributed by atoms with Gasteiger partial charge in [-0.1, -0.05) is 12.8 Å². The Labute approximate surface area is 150 Å². The smallest absolute Gasteiger partial charge is 0.378 e. The van der Waals surface area contributed by atoms with E-state index >= 15 is 0 Å². The number of aliphatic hydroxyl groups is 1. The summed E-state index contributed by atoms with van der Waals surface area (Å²) in [5.74, 6) is -2.15. The Balaban J connectivity index is 1.99. The topological polar surface area (TPSA) is 56.1 Å². The molecule has 5 nitrogen and oxygen atoms in total. The minimum Gasteiger partial charge on any atom is -0.378 e. The van der Waals surface area contributed by atoms with Crippen LogP contribution in [0.3, 0.4) is 0 Å². The maximum atomic E-state index is 13.8. The van der Waals surface area contributed by atoms with Crippen molar-refractivity contribution in [2.45, 2.75) is 44.0 Å². The number of carbonyl (C=O) groups is 1. The molecule has 26 heavy (non-hydrogen) atoms. The number of hydrazone groups is 1. The van der Waals surface area contributed by atoms with Crippen molar-refractivity contribution in [2.75, 3.05) is 19.0 Å². The van der Waals surface area contributed by atoms with E-state index in [2.05, 4.69) is 5.10 Å². The number of nitrogens with zero attached hydrogens (tertiary/aromatic N) is 3. The van der Waals surface area contributed by atoms with Gasteiger partial charge in [-0.05, 0) is 43.5 Å². The number of amides is 1. The molecule has 3 rings (SSSR count). The lowest BCUT2D eigenvalue weighted by Gasteiger charge is -2.37. The van der Waals surface area contributed by atoms with Crippen molar-refractivity contribution in [3.63, 3.8) is 0 Å². The third kappa shape index (κ3) is 2.96. The molecule has 0 radical (unpaired) electrons. The predicted molar refractivity (Wildman–Crippen MR) is 92.0 cm³/mol. The van der Waals surface area contributed by atoms with Crippen LogP contribution in [0.15, 0.2) is 29.4 Å². The van der Waals surface area contributed by atoms with E-state index in [-0.39, 0.29) is 22.7 Å². The van der Waals surface area contributed by atoms with Crippen LogP contribution in [0, 0.1) is 5.92 Å². The summed E-state index contributed by atoms with van der Waals surface area (Å²) in [6, 6.07) is 6.17. The fourth-order valence-electron chi connectivity index (χ4n) is 3.62. The molecule has 1 heterocycles. The largest absolute Gasteiger partial charge is 0.439 e. The second-order valence-corrected chi connectivity index (χ2v) is 7.03. The van der Waals surface area contributed by atoms with Crippen molar-refractivity contribution < 1.29 is 23.1 Å². The molecule has 1 aromatic carbocycles. The summed E-state index contributed by atoms with van der Waals surface area (Å²) in [6.45, 7) is 0. The first-order chi connectivity index (χ1) is 12.2. The Bertz CT molecular complexity index is 715. The van der Waals surface area contributed by atoms with Crippen molar-refractivity contribution in [3.8, 4) is 0 Å². The average Bonchev–Trinajstić information content (AvgIpc) is 2.74. The summed E-state index contributed by atoms with van der Waals surface area (Å²) in [5, 5.41) is 14.8. The van der Waals surface area contributed by atoms with Gasteiger partial charge in [0.05, 0.1) is 5.92 Å². The highest BCUT2D eigenvalue weighted by molar-refractivity contribution is 5.99. The highest BCUT2D eigenvalue weighted by Gasteiger charge is 2.68. The number of fused-ring (bicyclic) bond motifs is 1. The Hall–Kier alpha value is -2.09. The number of anilines is 1. The molecule has 1 aliphatic carbocycles. The van der Waals surface area contributed by atoms with Crippen LogP contribution in [-0.4, -0.2) is 47.7 Å². The molecule has 2 atom stereocenters. The molecule has 1 aromatic rings. The number of halogens is 3. The quantitative estimate of drug-likeness (QED) is 0.869. The zero-order valence-corrected chi connectivity index (χ0v) is 14.8. The van der Waals surface area contributed by atoms with E-state index in [0.29, 0.717) is 19.3 Å². The Kier molecular flexibility index (Phi) is 4.72. The zero-order valence-electron chi connectivity index (χ0n) is 14.8. The SMILES string of the molecule is CN(C)c1ccc(C(=O)N2N=C3CCCCC[C@H]3[C@@]2(O)C(F)(F)F)cc1. The van der Waals surface area contributed by atoms with E-state index in [4.69, 9.17) is 0 Å². The number of hydrogen-bond acceptors (Lipinski definition) is 4. The minimum atomic E-state index is -4.99. The lowest BCUT2D eigenvalue weighted by Crippen LogP contribution is -2.61. The van der Waals surface area contributed by atoms with Gasteiger partial charge in [-0.15, -0.1) is 0 Å². The summed E-state index contributed by atoms with van der Waals surface area (Å²) in [7, 11) is 3.64. The summed E-state index contributed by atoms with van der Waals surface area (Å²) >= 11 is 0. The molecule has 1 N–H and O–H groups in total. The number of alkyl halides is 3. The molecule has 142 valence electrons. The Morgan fingerprint density at radius 1 is 1.23 bits per heavy atom. The highest BCUT2D eigenvalue weighted by Crippen LogP contribution is 2.48. The first-order valence-corrected chi connectivity index (χ1v) is 8.64. The summed E-state index contributed by atoms with van der Waals surface area (Å²) in [5.41, 5.74) is -2.16. The molecule has 0 saturated heterocycles. The van der Waals surface area contributed by atoms with Crippen molar-refractivity contribution in [2.24, 2.45) is 11.0 Å². The second kappa shape index (κ2) is 6.57. The summed E-state index contributed by atoms with van der Waals surface area (Å²) in [6.07, 6.45) is -2.38. The number of rotatable bonds is 2. The lowest BCUT2D eigenvalue weighted by atomic mass is 9.87. The first kappa shape index (κ1) is 18.7. The second-order valence-electron chi connectivity index (χ2n) is 7.03. The normalized spacial score (nSPS) is 26.2. The Morgan fingerprint density at radius 3 is 2.46 bits per heavy atom. The third-order valence-corrected chi connectivity index (χ3v) is 5.11. The standard InChI is InChI=1S/C18H22F3N3O2/c1-23(2)13-10-8-12(9-11-13)16(25)24-17(26,18(19,20)21)14-6-4-3-5-7-15(14)22-24/h8-11,14,26H,3-7H2,1-2H3/t14-,17-/m1/s1. The van der Waals surface area contributed by atoms with E-state index < -0.39 is 23.7 Å². The number of benzene rings is 1. The third-order valence-electron chi connectivity index (χ3n) is 5.11. The van der Waals surface area contributed by atoms with Crippen LogP contribution in [0.5, 0.6) is 0 Å². The molecule has 0 bridgehead atoms. The number of hydrogen-bond donors (Lipinski definition) is 1. The molecule has 1 aliphatic heterocycles. The molecule has 0 aromatic heterocycles. The van der Waals surface area contributed by atoms with Gasteiger partial charge in [0, 0.05) is 31.1 Å². The van der Waals surface area contributed by atoms with E-state index in [1.165, 1.54) is 12.1 Å². The van der Waals surface area contributed by atoms with Gasteiger partial charge in [0.1, 0.15) is 0 Å². The molecular weight excluding hydrogens is 347 g/mol. The highest BCUT2D eigenvalue weighted by atomic mass is 19.4. The van der Waals surface area contributed by atoms with Crippen molar-refractivity contribution in [1.29, 1.82) is 0 Å². The average molecular weight is 369 g/mol. The van der Waals surface area contributed by atoms with Crippen molar-refractivity contribution in [3.05, 3.63) is 29.8 Å². The van der Waals surface area contributed by atoms with Crippen LogP contribution in [0.4, 0.5) is 18.9 Å². The van der Waals surface area contributed by atoms with E-state index in [1.54, 1.807) is 12.1 Å². The summed E-state index contributed by atoms with van der Waals surface area (Å²) < 4.78 is 41.5. The van der Waals surface area contributed by atoms with Gasteiger partial charge in [-0.25, -0.2) is 0 Å². The first-order valence-electron chi connectivity index (χ1n) is 8.64. The van der Waals surface area contributed by atoms with Gasteiger partial charge in [-0.3, -0.25) is 4.79 Å². The van der Waals surface area contributed by atoms with Crippen LogP contribution in [0.1, 0.15) is 42.5 Å². The molecule has 2 aliphatic rings. The van der Waals surface area contributed by atoms with E-state index in [9.17, 15) is 23.1 Å². The van der Waals surface area contributed by atoms with Gasteiger partial charge in [0.2, 0.25) is 0 Å². The molecule has 1 fully saturated rings. The van der Waals surface area contributed by atoms with E-state index in [1.807, 2.05) is 19.0 Å². The number of carbonyl (C=O) groups excluding carboxylic acids is 1. The molecular formula is C18H22F3N3O2. The molecule has 1 saturated carbocycles. The van der Waals surface area contributed by atoms with Gasteiger partial charge in [0.15, 0.2) is 0 Å². The monoisotopic (exact) mass is 369 g/mol. The maximum absolute atomic E-state index is 13.8. The minimum absolute atomic E-state index is 0.0547. The fraction of sp³-hybridized carbons (Fsp3) is 0.556. The van der Waals surface area contributed by atoms with Gasteiger partial charge < -0.3 is 10.0 Å². The predicted octanol–water partition coefficient (Wildman–Crippen LogP) is 3.40. The van der Waals surface area contributed by atoms with E-state index in [0.717, 1.165) is 12.1 Å². The van der Waals surface area contributed by atoms with Crippen LogP contribution >= 0.6 is 0 Å². The Morgan fingerprint density at radius 2 is 1.88 bits per heavy atom. The van der Waals surface area contributed by atoms with Crippen LogP contribution in [-0.2, 0) is 0 Å². The molecule has 0 unspecified atom stereocenters. The van der Waals surface area contributed by atoms with Gasteiger partial charge in [-0.2, -0.15) is 23.3 Å². The maximum Gasteiger partial charge on any atom is 0.439 e. The molecule has 8 heteroatoms. The van der Waals surface area contributed by atoms with Gasteiger partial charge in [0.25, 0.3) is 11.6 Å². The lowest BCUT2D eigenvalue weighted by molar-refractivity contribution is -0.312. The van der Waals surface area contributed by atoms with Crippen LogP contribution < -0.4 is 4.90 Å². The van der Waals surface area contributed by atoms with Crippen LogP contribution in [0.25, 0.3) is 0 Å². The molecule has 1 amide bonds. The van der Waals surface area contributed by atoms with Gasteiger partial charge >= 0.3 is 6.18 Å².